The molecule has 0 aliphatic rings. The van der Waals surface area contributed by atoms with Gasteiger partial charge in [0.25, 0.3) is 0 Å². The average Bonchev–Trinajstić information content (AvgIpc) is 2.25. The van der Waals surface area contributed by atoms with E-state index in [1.807, 2.05) is 18.2 Å². The second-order valence-corrected chi connectivity index (χ2v) is 5.79. The summed E-state index contributed by atoms with van der Waals surface area (Å²) in [5, 5.41) is 10.4. The smallest absolute Gasteiger partial charge is 0.0657 e. The summed E-state index contributed by atoms with van der Waals surface area (Å²) in [7, 11) is 0. The topological polar surface area (TPSA) is 20.2 Å². The molecule has 1 rings (SSSR count). The number of hydrogen-bond donors (Lipinski definition) is 2. The highest BCUT2D eigenvalue weighted by molar-refractivity contribution is 7.80. The molecule has 0 radical (unpaired) electrons. The van der Waals surface area contributed by atoms with Crippen molar-refractivity contribution in [1.29, 1.82) is 0 Å². The summed E-state index contributed by atoms with van der Waals surface area (Å²) in [6.45, 7) is 6.23. The summed E-state index contributed by atoms with van der Waals surface area (Å²) in [6, 6.07) is 10.2. The largest absolute Gasteiger partial charge is 0.392 e. The summed E-state index contributed by atoms with van der Waals surface area (Å²) in [5.41, 5.74) is 1.11. The van der Waals surface area contributed by atoms with Crippen LogP contribution in [0, 0.1) is 5.41 Å². The van der Waals surface area contributed by atoms with E-state index in [0.29, 0.717) is 0 Å². The Morgan fingerprint density at radius 2 is 1.75 bits per heavy atom. The molecule has 1 aromatic rings. The van der Waals surface area contributed by atoms with E-state index in [2.05, 4.69) is 45.5 Å². The molecule has 0 saturated heterocycles. The van der Waals surface area contributed by atoms with Gasteiger partial charge in [-0.25, -0.2) is 0 Å². The molecular weight excluding hydrogens is 216 g/mol. The number of thiol groups is 1. The number of aliphatic hydroxyl groups is 1. The molecule has 90 valence electrons. The van der Waals surface area contributed by atoms with Crippen molar-refractivity contribution in [2.75, 3.05) is 5.75 Å². The maximum atomic E-state index is 10.4. The van der Waals surface area contributed by atoms with Crippen molar-refractivity contribution in [2.45, 2.75) is 39.2 Å². The second kappa shape index (κ2) is 5.74. The van der Waals surface area contributed by atoms with Gasteiger partial charge in [0, 0.05) is 5.92 Å². The van der Waals surface area contributed by atoms with Crippen molar-refractivity contribution in [3.63, 3.8) is 0 Å². The number of hydrogen-bond acceptors (Lipinski definition) is 2. The Morgan fingerprint density at radius 3 is 2.19 bits per heavy atom. The van der Waals surface area contributed by atoms with Crippen LogP contribution in [0.2, 0.25) is 0 Å². The lowest BCUT2D eigenvalue weighted by Crippen LogP contribution is -2.32. The molecular formula is C14H22OS. The molecule has 1 nitrogen and oxygen atoms in total. The van der Waals surface area contributed by atoms with Gasteiger partial charge in [-0.3, -0.25) is 0 Å². The lowest BCUT2D eigenvalue weighted by molar-refractivity contribution is 0.0376. The van der Waals surface area contributed by atoms with Gasteiger partial charge in [-0.2, -0.15) is 12.6 Å². The first kappa shape index (κ1) is 13.6. The van der Waals surface area contributed by atoms with Crippen LogP contribution in [-0.2, 0) is 0 Å². The van der Waals surface area contributed by atoms with Gasteiger partial charge in [0.15, 0.2) is 0 Å². The van der Waals surface area contributed by atoms with Crippen LogP contribution in [0.3, 0.4) is 0 Å². The maximum absolute atomic E-state index is 10.4. The summed E-state index contributed by atoms with van der Waals surface area (Å²) in [5.74, 6) is 0.978. The van der Waals surface area contributed by atoms with Gasteiger partial charge in [-0.1, -0.05) is 51.1 Å². The molecule has 0 saturated carbocycles. The molecule has 0 aliphatic heterocycles. The van der Waals surface area contributed by atoms with Crippen LogP contribution in [0.5, 0.6) is 0 Å². The SMILES string of the molecule is CC(C)(C)C(O)C(CCS)c1ccccc1. The molecule has 0 heterocycles. The summed E-state index contributed by atoms with van der Waals surface area (Å²) in [4.78, 5) is 0. The highest BCUT2D eigenvalue weighted by Gasteiger charge is 2.30. The van der Waals surface area contributed by atoms with Crippen LogP contribution < -0.4 is 0 Å². The lowest BCUT2D eigenvalue weighted by Gasteiger charge is -2.33. The molecule has 1 aromatic carbocycles. The van der Waals surface area contributed by atoms with Gasteiger partial charge in [0.1, 0.15) is 0 Å². The highest BCUT2D eigenvalue weighted by atomic mass is 32.1. The first-order valence-corrected chi connectivity index (χ1v) is 6.44. The van der Waals surface area contributed by atoms with Gasteiger partial charge >= 0.3 is 0 Å². The van der Waals surface area contributed by atoms with E-state index in [0.717, 1.165) is 12.2 Å². The van der Waals surface area contributed by atoms with E-state index >= 15 is 0 Å². The number of aliphatic hydroxyl groups excluding tert-OH is 1. The van der Waals surface area contributed by atoms with Crippen LogP contribution >= 0.6 is 12.6 Å². The third kappa shape index (κ3) is 3.53. The predicted molar refractivity (Wildman–Crippen MR) is 73.1 cm³/mol. The zero-order valence-corrected chi connectivity index (χ0v) is 11.2. The molecule has 2 atom stereocenters. The van der Waals surface area contributed by atoms with E-state index in [1.54, 1.807) is 0 Å². The quantitative estimate of drug-likeness (QED) is 0.769. The van der Waals surface area contributed by atoms with E-state index in [4.69, 9.17) is 0 Å². The summed E-state index contributed by atoms with van der Waals surface area (Å²) >= 11 is 4.29. The molecule has 0 fully saturated rings. The van der Waals surface area contributed by atoms with E-state index in [-0.39, 0.29) is 17.4 Å². The fourth-order valence-corrected chi connectivity index (χ4v) is 2.23. The van der Waals surface area contributed by atoms with Crippen molar-refractivity contribution in [3.8, 4) is 0 Å². The zero-order chi connectivity index (χ0) is 12.2. The third-order valence-corrected chi connectivity index (χ3v) is 3.19. The first-order chi connectivity index (χ1) is 7.46. The Morgan fingerprint density at radius 1 is 1.19 bits per heavy atom. The molecule has 0 spiro atoms. The lowest BCUT2D eigenvalue weighted by atomic mass is 9.77. The molecule has 0 aromatic heterocycles. The van der Waals surface area contributed by atoms with Crippen molar-refractivity contribution >= 4 is 12.6 Å². The van der Waals surface area contributed by atoms with E-state index in [9.17, 15) is 5.11 Å². The van der Waals surface area contributed by atoms with Crippen molar-refractivity contribution in [2.24, 2.45) is 5.41 Å². The minimum atomic E-state index is -0.331. The minimum Gasteiger partial charge on any atom is -0.392 e. The van der Waals surface area contributed by atoms with Gasteiger partial charge in [-0.15, -0.1) is 0 Å². The van der Waals surface area contributed by atoms with Crippen LogP contribution in [0.4, 0.5) is 0 Å². The Bertz CT molecular complexity index is 302. The normalized spacial score (nSPS) is 15.8. The maximum Gasteiger partial charge on any atom is 0.0657 e. The Kier molecular flexibility index (Phi) is 4.88. The van der Waals surface area contributed by atoms with Crippen LogP contribution in [-0.4, -0.2) is 17.0 Å². The predicted octanol–water partition coefficient (Wildman–Crippen LogP) is 3.50. The van der Waals surface area contributed by atoms with Crippen LogP contribution in [0.1, 0.15) is 38.7 Å². The zero-order valence-electron chi connectivity index (χ0n) is 10.4. The molecule has 2 heteroatoms. The molecule has 0 bridgehead atoms. The third-order valence-electron chi connectivity index (χ3n) is 2.94. The molecule has 0 amide bonds. The Hall–Kier alpha value is -0.470. The Balaban J connectivity index is 2.92. The highest BCUT2D eigenvalue weighted by Crippen LogP contribution is 2.34. The van der Waals surface area contributed by atoms with E-state index in [1.165, 1.54) is 5.56 Å². The van der Waals surface area contributed by atoms with Gasteiger partial charge in [-0.05, 0) is 23.2 Å². The fourth-order valence-electron chi connectivity index (χ4n) is 1.95. The van der Waals surface area contributed by atoms with Gasteiger partial charge < -0.3 is 5.11 Å². The fraction of sp³-hybridized carbons (Fsp3) is 0.571. The monoisotopic (exact) mass is 238 g/mol. The molecule has 1 N–H and O–H groups in total. The van der Waals surface area contributed by atoms with Crippen molar-refractivity contribution < 1.29 is 5.11 Å². The van der Waals surface area contributed by atoms with Crippen molar-refractivity contribution in [3.05, 3.63) is 35.9 Å². The van der Waals surface area contributed by atoms with E-state index < -0.39 is 0 Å². The van der Waals surface area contributed by atoms with Gasteiger partial charge in [0.05, 0.1) is 6.10 Å². The first-order valence-electron chi connectivity index (χ1n) is 5.80. The molecule has 16 heavy (non-hydrogen) atoms. The van der Waals surface area contributed by atoms with Crippen LogP contribution in [0.25, 0.3) is 0 Å². The Labute approximate surface area is 104 Å². The standard InChI is InChI=1S/C14H22OS/c1-14(2,3)13(15)12(9-10-16)11-7-5-4-6-8-11/h4-8,12-13,15-16H,9-10H2,1-3H3. The number of benzene rings is 1. The minimum absolute atomic E-state index is 0.0938. The molecule has 2 unspecified atom stereocenters. The average molecular weight is 238 g/mol. The van der Waals surface area contributed by atoms with Gasteiger partial charge in [0.2, 0.25) is 0 Å². The second-order valence-electron chi connectivity index (χ2n) is 5.34. The summed E-state index contributed by atoms with van der Waals surface area (Å²) < 4.78 is 0. The number of rotatable bonds is 4. The van der Waals surface area contributed by atoms with Crippen LogP contribution in [0.15, 0.2) is 30.3 Å². The summed E-state index contributed by atoms with van der Waals surface area (Å²) in [6.07, 6.45) is 0.577. The molecule has 0 aliphatic carbocycles. The van der Waals surface area contributed by atoms with Crippen molar-refractivity contribution in [1.82, 2.24) is 0 Å².